The average molecular weight is 806 g/mol. The standard InChI is InChI=1S/C34H60N7O13P/c1-55(47,48)54-29-8-6-28(7-9-29)33(45)40-23-27-4-2-26(3-5-27)22-30(34(46)39-12-16-49-17-13-42)41(24-31(43)37-10-14-50-18-20-52-35)25-32(44)38-11-15-51-19-21-53-36/h2-5,28-30,42H,6-25,35-36H2,1H3,(H,37,43)(H,38,44)(H,39,46)(H,40,45)(H,47,48)/t28-,29-,30-/m1/s1. The summed E-state index contributed by atoms with van der Waals surface area (Å²) in [5, 5.41) is 20.2. The highest BCUT2D eigenvalue weighted by Crippen LogP contribution is 2.42. The molecule has 1 fully saturated rings. The van der Waals surface area contributed by atoms with Crippen LogP contribution in [-0.2, 0) is 65.1 Å². The topological polar surface area (TPSA) is 285 Å². The van der Waals surface area contributed by atoms with Crippen LogP contribution in [0, 0.1) is 5.92 Å². The summed E-state index contributed by atoms with van der Waals surface area (Å²) >= 11 is 0. The molecule has 1 saturated carbocycles. The van der Waals surface area contributed by atoms with Gasteiger partial charge in [-0.25, -0.2) is 11.8 Å². The van der Waals surface area contributed by atoms with Crippen molar-refractivity contribution in [3.05, 3.63) is 35.4 Å². The number of nitrogens with one attached hydrogen (secondary N) is 4. The van der Waals surface area contributed by atoms with E-state index >= 15 is 0 Å². The van der Waals surface area contributed by atoms with Crippen LogP contribution in [0.2, 0.25) is 0 Å². The Bertz CT molecular complexity index is 1270. The minimum absolute atomic E-state index is 0.105. The van der Waals surface area contributed by atoms with E-state index in [-0.39, 0.29) is 123 Å². The van der Waals surface area contributed by atoms with Crippen molar-refractivity contribution in [2.24, 2.45) is 17.7 Å². The summed E-state index contributed by atoms with van der Waals surface area (Å²) in [4.78, 5) is 72.6. The van der Waals surface area contributed by atoms with E-state index in [9.17, 15) is 28.6 Å². The number of rotatable bonds is 30. The smallest absolute Gasteiger partial charge is 0.325 e. The van der Waals surface area contributed by atoms with Gasteiger partial charge in [-0.05, 0) is 43.2 Å². The van der Waals surface area contributed by atoms with Crippen LogP contribution in [0.3, 0.4) is 0 Å². The molecular weight excluding hydrogens is 745 g/mol. The molecular formula is C34H60N7O13P. The van der Waals surface area contributed by atoms with Gasteiger partial charge in [-0.3, -0.25) is 28.6 Å². The van der Waals surface area contributed by atoms with Crippen LogP contribution in [0.4, 0.5) is 0 Å². The minimum atomic E-state index is -3.59. The molecule has 2 atom stereocenters. The van der Waals surface area contributed by atoms with Crippen molar-refractivity contribution in [3.8, 4) is 0 Å². The fourth-order valence-corrected chi connectivity index (χ4v) is 6.44. The van der Waals surface area contributed by atoms with E-state index in [1.807, 2.05) is 24.3 Å². The van der Waals surface area contributed by atoms with Gasteiger partial charge in [-0.15, -0.1) is 0 Å². The molecule has 1 aliphatic rings. The molecule has 1 aromatic carbocycles. The van der Waals surface area contributed by atoms with Gasteiger partial charge >= 0.3 is 7.60 Å². The number of aliphatic hydroxyl groups excluding tert-OH is 1. The Morgan fingerprint density at radius 1 is 0.764 bits per heavy atom. The van der Waals surface area contributed by atoms with Gasteiger partial charge in [0, 0.05) is 38.8 Å². The molecule has 1 aromatic rings. The first-order chi connectivity index (χ1) is 26.4. The molecule has 1 aliphatic carbocycles. The van der Waals surface area contributed by atoms with E-state index in [4.69, 9.17) is 35.6 Å². The van der Waals surface area contributed by atoms with Gasteiger partial charge in [0.1, 0.15) is 0 Å². The van der Waals surface area contributed by atoms with Crippen LogP contribution >= 0.6 is 7.60 Å². The molecule has 0 bridgehead atoms. The van der Waals surface area contributed by atoms with E-state index < -0.39 is 31.4 Å². The number of hydrogen-bond donors (Lipinski definition) is 8. The van der Waals surface area contributed by atoms with Gasteiger partial charge in [0.2, 0.25) is 23.6 Å². The Balaban J connectivity index is 2.12. The molecule has 0 saturated heterocycles. The number of nitrogens with two attached hydrogens (primary N) is 2. The lowest BCUT2D eigenvalue weighted by atomic mass is 9.87. The molecule has 10 N–H and O–H groups in total. The van der Waals surface area contributed by atoms with Crippen molar-refractivity contribution >= 4 is 31.2 Å². The summed E-state index contributed by atoms with van der Waals surface area (Å²) in [6.45, 7) is 2.64. The first-order valence-corrected chi connectivity index (χ1v) is 20.3. The fourth-order valence-electron chi connectivity index (χ4n) is 5.68. The molecule has 0 aromatic heterocycles. The maximum atomic E-state index is 13.7. The summed E-state index contributed by atoms with van der Waals surface area (Å²) in [5.74, 6) is 8.34. The van der Waals surface area contributed by atoms with E-state index in [0.29, 0.717) is 25.7 Å². The number of aliphatic hydroxyl groups is 1. The number of carbonyl (C=O) groups is 4. The predicted octanol–water partition coefficient (Wildman–Crippen LogP) is -1.92. The molecule has 0 heterocycles. The zero-order valence-corrected chi connectivity index (χ0v) is 32.5. The lowest BCUT2D eigenvalue weighted by molar-refractivity contribution is -0.132. The molecule has 20 nitrogen and oxygen atoms in total. The van der Waals surface area contributed by atoms with E-state index in [1.165, 1.54) is 4.90 Å². The number of carbonyl (C=O) groups excluding carboxylic acids is 4. The SMILES string of the molecule is CP(=O)(O)O[C@H]1CC[C@H](C(=O)NCc2ccc(C[C@H](C(=O)NCCOCCO)N(CC(=O)NCCOCCON)CC(=O)NCCOCCON)cc2)CC1. The van der Waals surface area contributed by atoms with Gasteiger partial charge < -0.3 is 59.7 Å². The van der Waals surface area contributed by atoms with Crippen molar-refractivity contribution in [2.75, 3.05) is 98.9 Å². The number of nitrogens with zero attached hydrogens (tertiary/aromatic N) is 1. The molecule has 314 valence electrons. The first-order valence-electron chi connectivity index (χ1n) is 18.3. The molecule has 2 rings (SSSR count). The van der Waals surface area contributed by atoms with Crippen molar-refractivity contribution < 1.29 is 62.2 Å². The minimum Gasteiger partial charge on any atom is -0.394 e. The molecule has 21 heteroatoms. The lowest BCUT2D eigenvalue weighted by Gasteiger charge is -2.30. The van der Waals surface area contributed by atoms with Crippen LogP contribution in [0.1, 0.15) is 36.8 Å². The number of hydrogen-bond acceptors (Lipinski definition) is 15. The van der Waals surface area contributed by atoms with E-state index in [1.54, 1.807) is 0 Å². The Morgan fingerprint density at radius 3 is 1.78 bits per heavy atom. The van der Waals surface area contributed by atoms with E-state index in [2.05, 4.69) is 30.9 Å². The van der Waals surface area contributed by atoms with Crippen molar-refractivity contribution in [1.29, 1.82) is 0 Å². The van der Waals surface area contributed by atoms with Crippen LogP contribution in [0.15, 0.2) is 24.3 Å². The normalized spacial score (nSPS) is 17.3. The third-order valence-corrected chi connectivity index (χ3v) is 9.04. The van der Waals surface area contributed by atoms with Crippen molar-refractivity contribution in [3.63, 3.8) is 0 Å². The van der Waals surface area contributed by atoms with Gasteiger partial charge in [0.05, 0.1) is 84.7 Å². The Labute approximate surface area is 322 Å². The monoisotopic (exact) mass is 805 g/mol. The summed E-state index contributed by atoms with van der Waals surface area (Å²) in [6, 6.07) is 6.31. The second kappa shape index (κ2) is 28.3. The molecule has 0 aliphatic heterocycles. The predicted molar refractivity (Wildman–Crippen MR) is 199 cm³/mol. The van der Waals surface area contributed by atoms with Crippen molar-refractivity contribution in [2.45, 2.75) is 50.8 Å². The number of benzene rings is 1. The maximum Gasteiger partial charge on any atom is 0.325 e. The Hall–Kier alpha value is -3.11. The maximum absolute atomic E-state index is 13.7. The summed E-state index contributed by atoms with van der Waals surface area (Å²) in [6.07, 6.45) is 1.94. The van der Waals surface area contributed by atoms with Gasteiger partial charge in [0.15, 0.2) is 0 Å². The highest BCUT2D eigenvalue weighted by molar-refractivity contribution is 7.51. The number of ether oxygens (including phenoxy) is 3. The van der Waals surface area contributed by atoms with Gasteiger partial charge in [-0.2, -0.15) is 0 Å². The summed E-state index contributed by atoms with van der Waals surface area (Å²) in [7, 11) is -3.59. The Morgan fingerprint density at radius 2 is 1.27 bits per heavy atom. The molecule has 55 heavy (non-hydrogen) atoms. The Kier molecular flexibility index (Phi) is 24.7. The van der Waals surface area contributed by atoms with Gasteiger partial charge in [0.25, 0.3) is 0 Å². The van der Waals surface area contributed by atoms with Crippen LogP contribution in [0.5, 0.6) is 0 Å². The highest BCUT2D eigenvalue weighted by Gasteiger charge is 2.31. The second-order valence-corrected chi connectivity index (χ2v) is 14.7. The molecule has 1 unspecified atom stereocenters. The number of amides is 4. The van der Waals surface area contributed by atoms with Crippen LogP contribution in [-0.4, -0.2) is 150 Å². The fraction of sp³-hybridized carbons (Fsp3) is 0.706. The average Bonchev–Trinajstić information content (AvgIpc) is 3.15. The quantitative estimate of drug-likeness (QED) is 0.0239. The third-order valence-electron chi connectivity index (χ3n) is 8.35. The highest BCUT2D eigenvalue weighted by atomic mass is 31.2. The molecule has 4 amide bonds. The molecule has 0 radical (unpaired) electrons. The largest absolute Gasteiger partial charge is 0.394 e. The van der Waals surface area contributed by atoms with E-state index in [0.717, 1.165) is 17.8 Å². The zero-order chi connectivity index (χ0) is 40.3. The molecule has 0 spiro atoms. The lowest BCUT2D eigenvalue weighted by Crippen LogP contribution is -2.54. The summed E-state index contributed by atoms with van der Waals surface area (Å²) < 4.78 is 32.7. The third kappa shape index (κ3) is 22.3. The van der Waals surface area contributed by atoms with Gasteiger partial charge in [-0.1, -0.05) is 24.3 Å². The second-order valence-electron chi connectivity index (χ2n) is 12.8. The van der Waals surface area contributed by atoms with Crippen molar-refractivity contribution in [1.82, 2.24) is 26.2 Å². The summed E-state index contributed by atoms with van der Waals surface area (Å²) in [5.41, 5.74) is 1.55. The zero-order valence-electron chi connectivity index (χ0n) is 31.6. The van der Waals surface area contributed by atoms with Crippen LogP contribution < -0.4 is 33.1 Å². The first kappa shape index (κ1) is 48.0. The van der Waals surface area contributed by atoms with Crippen LogP contribution in [0.25, 0.3) is 0 Å².